The predicted molar refractivity (Wildman–Crippen MR) is 130 cm³/mol. The van der Waals surface area contributed by atoms with E-state index in [0.717, 1.165) is 60.8 Å². The Bertz CT molecular complexity index is 988. The fraction of sp³-hybridized carbons (Fsp3) is 0.625. The Morgan fingerprint density at radius 2 is 1.91 bits per heavy atom. The number of hydrogen-bond donors (Lipinski definition) is 3. The number of rotatable bonds is 4. The van der Waals surface area contributed by atoms with E-state index < -0.39 is 27.7 Å². The topological polar surface area (TPSA) is 77.0 Å². The Labute approximate surface area is 198 Å². The SMILES string of the molecule is CC1(N2CCC(c3ccc(Cl)cc3)CC2)N=C(NC2(C(C)(C)O)CC2)C2=C(CCS2=O)N1. The van der Waals surface area contributed by atoms with Crippen LogP contribution >= 0.6 is 11.6 Å². The maximum absolute atomic E-state index is 12.8. The minimum absolute atomic E-state index is 0.392. The molecule has 1 aromatic rings. The van der Waals surface area contributed by atoms with E-state index in [1.807, 2.05) is 26.0 Å². The molecule has 3 heterocycles. The quantitative estimate of drug-likeness (QED) is 0.620. The van der Waals surface area contributed by atoms with E-state index in [1.165, 1.54) is 5.56 Å². The van der Waals surface area contributed by atoms with Crippen molar-refractivity contribution < 1.29 is 9.32 Å². The summed E-state index contributed by atoms with van der Waals surface area (Å²) in [6, 6.07) is 8.22. The summed E-state index contributed by atoms with van der Waals surface area (Å²) in [5.41, 5.74) is 1.12. The Morgan fingerprint density at radius 3 is 2.50 bits per heavy atom. The van der Waals surface area contributed by atoms with Crippen molar-refractivity contribution in [3.05, 3.63) is 45.5 Å². The van der Waals surface area contributed by atoms with Crippen LogP contribution in [0.3, 0.4) is 0 Å². The minimum Gasteiger partial charge on any atom is -0.388 e. The third kappa shape index (κ3) is 3.91. The summed E-state index contributed by atoms with van der Waals surface area (Å²) in [6.07, 6.45) is 4.67. The molecule has 0 radical (unpaired) electrons. The van der Waals surface area contributed by atoms with Gasteiger partial charge in [-0.2, -0.15) is 0 Å². The molecule has 1 aromatic carbocycles. The van der Waals surface area contributed by atoms with Gasteiger partial charge in [-0.25, -0.2) is 4.99 Å². The van der Waals surface area contributed by atoms with Crippen molar-refractivity contribution in [3.63, 3.8) is 0 Å². The zero-order valence-electron chi connectivity index (χ0n) is 19.1. The van der Waals surface area contributed by atoms with E-state index in [9.17, 15) is 9.32 Å². The van der Waals surface area contributed by atoms with Crippen molar-refractivity contribution in [3.8, 4) is 0 Å². The molecule has 174 valence electrons. The number of aliphatic imine (C=N–C) groups is 1. The molecule has 2 fully saturated rings. The lowest BCUT2D eigenvalue weighted by Gasteiger charge is -2.46. The molecule has 3 aliphatic heterocycles. The van der Waals surface area contributed by atoms with E-state index in [-0.39, 0.29) is 0 Å². The molecule has 1 saturated carbocycles. The number of hydrogen-bond acceptors (Lipinski definition) is 6. The van der Waals surface area contributed by atoms with E-state index >= 15 is 0 Å². The van der Waals surface area contributed by atoms with Crippen molar-refractivity contribution in [1.82, 2.24) is 15.5 Å². The van der Waals surface area contributed by atoms with Gasteiger partial charge in [-0.3, -0.25) is 9.11 Å². The smallest absolute Gasteiger partial charge is 0.186 e. The molecule has 2 unspecified atom stereocenters. The van der Waals surface area contributed by atoms with Gasteiger partial charge >= 0.3 is 0 Å². The third-order valence-corrected chi connectivity index (χ3v) is 9.42. The van der Waals surface area contributed by atoms with Gasteiger partial charge in [-0.05, 0) is 70.1 Å². The molecule has 32 heavy (non-hydrogen) atoms. The number of amidine groups is 1. The Balaban J connectivity index is 1.37. The van der Waals surface area contributed by atoms with Gasteiger partial charge in [0.1, 0.15) is 5.84 Å². The van der Waals surface area contributed by atoms with Gasteiger partial charge in [0, 0.05) is 36.0 Å². The van der Waals surface area contributed by atoms with Crippen LogP contribution < -0.4 is 10.6 Å². The lowest BCUT2D eigenvalue weighted by molar-refractivity contribution is 0.0321. The molecule has 1 aliphatic carbocycles. The Morgan fingerprint density at radius 1 is 1.25 bits per heavy atom. The van der Waals surface area contributed by atoms with Crippen molar-refractivity contribution in [1.29, 1.82) is 0 Å². The molecule has 0 aromatic heterocycles. The summed E-state index contributed by atoms with van der Waals surface area (Å²) in [5, 5.41) is 18.7. The van der Waals surface area contributed by atoms with E-state index in [2.05, 4.69) is 34.6 Å². The highest BCUT2D eigenvalue weighted by atomic mass is 35.5. The average Bonchev–Trinajstić information content (AvgIpc) is 3.45. The number of aliphatic hydroxyl groups is 1. The summed E-state index contributed by atoms with van der Waals surface area (Å²) < 4.78 is 12.8. The van der Waals surface area contributed by atoms with Gasteiger partial charge in [-0.15, -0.1) is 0 Å². The Hall–Kier alpha value is -1.41. The summed E-state index contributed by atoms with van der Waals surface area (Å²) in [6.45, 7) is 7.66. The van der Waals surface area contributed by atoms with Gasteiger partial charge in [0.2, 0.25) is 0 Å². The molecule has 0 bridgehead atoms. The maximum atomic E-state index is 12.8. The highest BCUT2D eigenvalue weighted by molar-refractivity contribution is 7.90. The Kier molecular flexibility index (Phi) is 5.48. The number of likely N-dealkylation sites (tertiary alicyclic amines) is 1. The number of piperidine rings is 1. The van der Waals surface area contributed by atoms with Crippen molar-refractivity contribution in [2.24, 2.45) is 4.99 Å². The van der Waals surface area contributed by atoms with Gasteiger partial charge < -0.3 is 15.7 Å². The third-order valence-electron chi connectivity index (χ3n) is 7.70. The van der Waals surface area contributed by atoms with Crippen LogP contribution in [0.5, 0.6) is 0 Å². The van der Waals surface area contributed by atoms with Crippen LogP contribution in [-0.2, 0) is 10.8 Å². The molecular formula is C24H33ClN4O2S. The van der Waals surface area contributed by atoms with Crippen molar-refractivity contribution in [2.45, 2.75) is 75.7 Å². The van der Waals surface area contributed by atoms with E-state index in [1.54, 1.807) is 0 Å². The summed E-state index contributed by atoms with van der Waals surface area (Å²) in [5.74, 6) is 1.27. The lowest BCUT2D eigenvalue weighted by Crippen LogP contribution is -2.61. The first-order valence-corrected chi connectivity index (χ1v) is 13.3. The number of benzene rings is 1. The summed E-state index contributed by atoms with van der Waals surface area (Å²) >= 11 is 6.06. The molecule has 5 rings (SSSR count). The van der Waals surface area contributed by atoms with Gasteiger partial charge in [0.05, 0.1) is 26.8 Å². The molecule has 1 saturated heterocycles. The second-order valence-electron chi connectivity index (χ2n) is 10.3. The summed E-state index contributed by atoms with van der Waals surface area (Å²) in [7, 11) is -1.06. The van der Waals surface area contributed by atoms with Crippen LogP contribution in [-0.4, -0.2) is 55.8 Å². The highest BCUT2D eigenvalue weighted by Gasteiger charge is 2.56. The van der Waals surface area contributed by atoms with Crippen LogP contribution in [0.25, 0.3) is 0 Å². The molecule has 0 spiro atoms. The fourth-order valence-corrected chi connectivity index (χ4v) is 6.82. The zero-order chi connectivity index (χ0) is 22.7. The van der Waals surface area contributed by atoms with Crippen LogP contribution in [0.4, 0.5) is 0 Å². The molecule has 6 nitrogen and oxygen atoms in total. The number of halogens is 1. The van der Waals surface area contributed by atoms with Gasteiger partial charge in [0.15, 0.2) is 5.79 Å². The monoisotopic (exact) mass is 476 g/mol. The van der Waals surface area contributed by atoms with E-state index in [4.69, 9.17) is 16.6 Å². The summed E-state index contributed by atoms with van der Waals surface area (Å²) in [4.78, 5) is 8.32. The minimum atomic E-state index is -1.06. The van der Waals surface area contributed by atoms with Gasteiger partial charge in [0.25, 0.3) is 0 Å². The van der Waals surface area contributed by atoms with Crippen LogP contribution in [0.1, 0.15) is 64.4 Å². The fourth-order valence-electron chi connectivity index (χ4n) is 5.36. The number of nitrogens with one attached hydrogen (secondary N) is 2. The highest BCUT2D eigenvalue weighted by Crippen LogP contribution is 2.46. The lowest BCUT2D eigenvalue weighted by atomic mass is 9.89. The second-order valence-corrected chi connectivity index (χ2v) is 12.2. The number of allylic oxidation sites excluding steroid dienone is 1. The molecule has 4 aliphatic rings. The van der Waals surface area contributed by atoms with Crippen LogP contribution in [0.15, 0.2) is 39.9 Å². The molecular weight excluding hydrogens is 444 g/mol. The molecule has 3 N–H and O–H groups in total. The molecule has 2 atom stereocenters. The average molecular weight is 477 g/mol. The van der Waals surface area contributed by atoms with Crippen LogP contribution in [0, 0.1) is 0 Å². The zero-order valence-corrected chi connectivity index (χ0v) is 20.7. The largest absolute Gasteiger partial charge is 0.388 e. The first-order chi connectivity index (χ1) is 15.1. The van der Waals surface area contributed by atoms with Crippen molar-refractivity contribution >= 4 is 28.2 Å². The van der Waals surface area contributed by atoms with Crippen LogP contribution in [0.2, 0.25) is 5.02 Å². The van der Waals surface area contributed by atoms with Gasteiger partial charge in [-0.1, -0.05) is 23.7 Å². The first-order valence-electron chi connectivity index (χ1n) is 11.6. The van der Waals surface area contributed by atoms with E-state index in [0.29, 0.717) is 17.5 Å². The predicted octanol–water partition coefficient (Wildman–Crippen LogP) is 3.45. The normalized spacial score (nSPS) is 30.5. The second kappa shape index (κ2) is 7.83. The maximum Gasteiger partial charge on any atom is 0.186 e. The standard InChI is InChI=1S/C24H33ClN4O2S/c1-22(2,30)24(11-12-24)28-21-20-19(10-15-32(20)31)26-23(3,27-21)29-13-8-17(9-14-29)16-4-6-18(25)7-5-16/h4-7,17,26,30H,8-15H2,1-3H3,(H,27,28). The molecule has 0 amide bonds. The van der Waals surface area contributed by atoms with Crippen molar-refractivity contribution in [2.75, 3.05) is 18.8 Å². The first kappa shape index (κ1) is 22.4. The number of nitrogens with zero attached hydrogens (tertiary/aromatic N) is 2. The molecule has 8 heteroatoms.